The summed E-state index contributed by atoms with van der Waals surface area (Å²) in [6, 6.07) is 16.4. The summed E-state index contributed by atoms with van der Waals surface area (Å²) in [5.74, 6) is 2.05. The number of aromatic nitrogens is 3. The second-order valence-electron chi connectivity index (χ2n) is 6.53. The smallest absolute Gasteiger partial charge is 0.269 e. The third-order valence-corrected chi connectivity index (χ3v) is 4.41. The standard InChI is InChI=1S/C23H21N5O3/c1-3-30-21-7-5-4-6-19(21)28-23-26-14-15-12-16(8-9-18(15)27-23)31-17-10-11-25-20(13-17)22(29)24-2/h4-14H,3H2,1-2H3,(H,24,29)(H,26,27,28). The maximum atomic E-state index is 11.8. The number of amides is 1. The molecule has 0 atom stereocenters. The van der Waals surface area contributed by atoms with Crippen molar-refractivity contribution in [2.75, 3.05) is 19.0 Å². The van der Waals surface area contributed by atoms with Gasteiger partial charge in [0, 0.05) is 30.9 Å². The molecule has 4 aromatic rings. The summed E-state index contributed by atoms with van der Waals surface area (Å²) in [7, 11) is 1.55. The molecule has 2 N–H and O–H groups in total. The number of fused-ring (bicyclic) bond motifs is 1. The molecule has 0 fully saturated rings. The molecular weight excluding hydrogens is 394 g/mol. The quantitative estimate of drug-likeness (QED) is 0.464. The van der Waals surface area contributed by atoms with Gasteiger partial charge in [0.05, 0.1) is 17.8 Å². The summed E-state index contributed by atoms with van der Waals surface area (Å²) >= 11 is 0. The highest BCUT2D eigenvalue weighted by Gasteiger charge is 2.09. The van der Waals surface area contributed by atoms with Gasteiger partial charge in [-0.3, -0.25) is 9.78 Å². The number of benzene rings is 2. The van der Waals surface area contributed by atoms with E-state index in [9.17, 15) is 4.79 Å². The zero-order valence-corrected chi connectivity index (χ0v) is 17.1. The molecule has 0 saturated heterocycles. The molecule has 0 unspecified atom stereocenters. The van der Waals surface area contributed by atoms with Crippen molar-refractivity contribution >= 4 is 28.4 Å². The Morgan fingerprint density at radius 3 is 2.71 bits per heavy atom. The van der Waals surface area contributed by atoms with Crippen molar-refractivity contribution in [2.24, 2.45) is 0 Å². The molecule has 0 radical (unpaired) electrons. The second-order valence-corrected chi connectivity index (χ2v) is 6.53. The van der Waals surface area contributed by atoms with E-state index in [1.54, 1.807) is 25.4 Å². The maximum Gasteiger partial charge on any atom is 0.269 e. The molecule has 156 valence electrons. The SMILES string of the molecule is CCOc1ccccc1Nc1ncc2cc(Oc3ccnc(C(=O)NC)c3)ccc2n1. The fraction of sp³-hybridized carbons (Fsp3) is 0.130. The predicted molar refractivity (Wildman–Crippen MR) is 118 cm³/mol. The van der Waals surface area contributed by atoms with E-state index in [-0.39, 0.29) is 11.6 Å². The van der Waals surface area contributed by atoms with E-state index in [1.807, 2.05) is 49.4 Å². The molecule has 8 heteroatoms. The van der Waals surface area contributed by atoms with E-state index < -0.39 is 0 Å². The lowest BCUT2D eigenvalue weighted by molar-refractivity contribution is 0.0958. The summed E-state index contributed by atoms with van der Waals surface area (Å²) in [5.41, 5.74) is 1.85. The molecule has 2 heterocycles. The summed E-state index contributed by atoms with van der Waals surface area (Å²) in [6.45, 7) is 2.51. The van der Waals surface area contributed by atoms with Gasteiger partial charge in [-0.15, -0.1) is 0 Å². The Morgan fingerprint density at radius 1 is 1.03 bits per heavy atom. The van der Waals surface area contributed by atoms with Gasteiger partial charge in [0.15, 0.2) is 0 Å². The highest BCUT2D eigenvalue weighted by atomic mass is 16.5. The molecular formula is C23H21N5O3. The number of hydrogen-bond acceptors (Lipinski definition) is 7. The van der Waals surface area contributed by atoms with Crippen LogP contribution in [-0.4, -0.2) is 34.5 Å². The molecule has 2 aromatic carbocycles. The van der Waals surface area contributed by atoms with Crippen LogP contribution in [0.2, 0.25) is 0 Å². The first-order valence-corrected chi connectivity index (χ1v) is 9.78. The predicted octanol–water partition coefficient (Wildman–Crippen LogP) is 4.32. The van der Waals surface area contributed by atoms with Crippen LogP contribution in [0.25, 0.3) is 10.9 Å². The number of ether oxygens (including phenoxy) is 2. The number of carbonyl (C=O) groups is 1. The van der Waals surface area contributed by atoms with Gasteiger partial charge >= 0.3 is 0 Å². The van der Waals surface area contributed by atoms with Crippen molar-refractivity contribution in [3.05, 3.63) is 72.7 Å². The van der Waals surface area contributed by atoms with Crippen LogP contribution in [0.1, 0.15) is 17.4 Å². The minimum Gasteiger partial charge on any atom is -0.492 e. The zero-order valence-electron chi connectivity index (χ0n) is 17.1. The molecule has 0 aliphatic heterocycles. The Bertz CT molecular complexity index is 1230. The van der Waals surface area contributed by atoms with Gasteiger partial charge in [0.25, 0.3) is 5.91 Å². The fourth-order valence-corrected chi connectivity index (χ4v) is 2.97. The first-order chi connectivity index (χ1) is 15.2. The van der Waals surface area contributed by atoms with Crippen molar-refractivity contribution < 1.29 is 14.3 Å². The largest absolute Gasteiger partial charge is 0.492 e. The number of rotatable bonds is 7. The van der Waals surface area contributed by atoms with Gasteiger partial charge in [-0.05, 0) is 43.3 Å². The topological polar surface area (TPSA) is 98.3 Å². The Balaban J connectivity index is 1.54. The average Bonchev–Trinajstić information content (AvgIpc) is 2.80. The molecule has 0 aliphatic rings. The van der Waals surface area contributed by atoms with Gasteiger partial charge in [-0.25, -0.2) is 9.97 Å². The zero-order chi connectivity index (χ0) is 21.6. The van der Waals surface area contributed by atoms with Crippen molar-refractivity contribution in [1.82, 2.24) is 20.3 Å². The Labute approximate surface area is 179 Å². The Kier molecular flexibility index (Phi) is 5.89. The van der Waals surface area contributed by atoms with Crippen LogP contribution in [-0.2, 0) is 0 Å². The minimum absolute atomic E-state index is 0.275. The lowest BCUT2D eigenvalue weighted by Crippen LogP contribution is -2.18. The molecule has 2 aromatic heterocycles. The van der Waals surface area contributed by atoms with Gasteiger partial charge in [-0.2, -0.15) is 0 Å². The maximum absolute atomic E-state index is 11.8. The minimum atomic E-state index is -0.275. The number of nitrogens with one attached hydrogen (secondary N) is 2. The van der Waals surface area contributed by atoms with Crippen LogP contribution in [0.15, 0.2) is 67.0 Å². The summed E-state index contributed by atoms with van der Waals surface area (Å²) in [6.07, 6.45) is 3.26. The van der Waals surface area contributed by atoms with E-state index in [4.69, 9.17) is 9.47 Å². The van der Waals surface area contributed by atoms with Gasteiger partial charge in [0.2, 0.25) is 5.95 Å². The number of hydrogen-bond donors (Lipinski definition) is 2. The van der Waals surface area contributed by atoms with Crippen molar-refractivity contribution in [3.63, 3.8) is 0 Å². The first kappa shape index (κ1) is 20.1. The summed E-state index contributed by atoms with van der Waals surface area (Å²) in [4.78, 5) is 24.8. The lowest BCUT2D eigenvalue weighted by Gasteiger charge is -2.11. The molecule has 8 nitrogen and oxygen atoms in total. The fourth-order valence-electron chi connectivity index (χ4n) is 2.97. The highest BCUT2D eigenvalue weighted by Crippen LogP contribution is 2.28. The van der Waals surface area contributed by atoms with E-state index >= 15 is 0 Å². The molecule has 1 amide bonds. The van der Waals surface area contributed by atoms with E-state index in [0.29, 0.717) is 24.1 Å². The molecule has 0 aliphatic carbocycles. The van der Waals surface area contributed by atoms with Gasteiger partial charge < -0.3 is 20.1 Å². The van der Waals surface area contributed by atoms with Crippen molar-refractivity contribution in [3.8, 4) is 17.2 Å². The summed E-state index contributed by atoms with van der Waals surface area (Å²) < 4.78 is 11.5. The van der Waals surface area contributed by atoms with Crippen LogP contribution >= 0.6 is 0 Å². The van der Waals surface area contributed by atoms with Crippen molar-refractivity contribution in [1.29, 1.82) is 0 Å². The lowest BCUT2D eigenvalue weighted by atomic mass is 10.2. The average molecular weight is 415 g/mol. The number of carbonyl (C=O) groups excluding carboxylic acids is 1. The van der Waals surface area contributed by atoms with E-state index in [1.165, 1.54) is 6.20 Å². The molecule has 31 heavy (non-hydrogen) atoms. The number of pyridine rings is 1. The highest BCUT2D eigenvalue weighted by molar-refractivity contribution is 5.92. The van der Waals surface area contributed by atoms with Crippen molar-refractivity contribution in [2.45, 2.75) is 6.92 Å². The second kappa shape index (κ2) is 9.08. The molecule has 0 saturated carbocycles. The van der Waals surface area contributed by atoms with Crippen LogP contribution < -0.4 is 20.1 Å². The van der Waals surface area contributed by atoms with E-state index in [2.05, 4.69) is 25.6 Å². The number of para-hydroxylation sites is 2. The molecule has 0 bridgehead atoms. The van der Waals surface area contributed by atoms with Crippen LogP contribution in [0, 0.1) is 0 Å². The number of anilines is 2. The monoisotopic (exact) mass is 415 g/mol. The third kappa shape index (κ3) is 4.69. The van der Waals surface area contributed by atoms with Gasteiger partial charge in [0.1, 0.15) is 22.9 Å². The Hall–Kier alpha value is -4.20. The Morgan fingerprint density at radius 2 is 1.87 bits per heavy atom. The molecule has 0 spiro atoms. The van der Waals surface area contributed by atoms with Crippen LogP contribution in [0.3, 0.4) is 0 Å². The number of nitrogens with zero attached hydrogens (tertiary/aromatic N) is 3. The third-order valence-electron chi connectivity index (χ3n) is 4.41. The normalized spacial score (nSPS) is 10.5. The van der Waals surface area contributed by atoms with E-state index in [0.717, 1.165) is 22.3 Å². The van der Waals surface area contributed by atoms with Crippen LogP contribution in [0.4, 0.5) is 11.6 Å². The van der Waals surface area contributed by atoms with Gasteiger partial charge in [-0.1, -0.05) is 12.1 Å². The first-order valence-electron chi connectivity index (χ1n) is 9.78. The van der Waals surface area contributed by atoms with Crippen LogP contribution in [0.5, 0.6) is 17.2 Å². The molecule has 4 rings (SSSR count). The summed E-state index contributed by atoms with van der Waals surface area (Å²) in [5, 5.41) is 6.57.